The van der Waals surface area contributed by atoms with Crippen LogP contribution in [0.3, 0.4) is 0 Å². The van der Waals surface area contributed by atoms with Gasteiger partial charge in [0.05, 0.1) is 25.9 Å². The van der Waals surface area contributed by atoms with Gasteiger partial charge in [0, 0.05) is 26.1 Å². The molecule has 0 bridgehead atoms. The second kappa shape index (κ2) is 7.61. The van der Waals surface area contributed by atoms with E-state index < -0.39 is 5.97 Å². The Bertz CT molecular complexity index is 376. The Labute approximate surface area is 124 Å². The summed E-state index contributed by atoms with van der Waals surface area (Å²) in [5.41, 5.74) is 0. The maximum absolute atomic E-state index is 12.5. The molecule has 0 saturated carbocycles. The van der Waals surface area contributed by atoms with E-state index in [1.807, 2.05) is 4.90 Å². The predicted molar refractivity (Wildman–Crippen MR) is 75.0 cm³/mol. The standard InChI is InChI=1S/C14H24N2O5/c17-10-12-9-16(6-7-21-12)14(20)15-5-1-2-11(8-15)3-4-13(18)19/h11-12,17H,1-10H2,(H,18,19). The van der Waals surface area contributed by atoms with Gasteiger partial charge >= 0.3 is 12.0 Å². The Morgan fingerprint density at radius 3 is 2.67 bits per heavy atom. The molecule has 2 rings (SSSR count). The average molecular weight is 300 g/mol. The summed E-state index contributed by atoms with van der Waals surface area (Å²) in [7, 11) is 0. The molecule has 0 aromatic carbocycles. The number of aliphatic carboxylic acids is 1. The summed E-state index contributed by atoms with van der Waals surface area (Å²) >= 11 is 0. The number of amides is 2. The number of aliphatic hydroxyl groups is 1. The lowest BCUT2D eigenvalue weighted by molar-refractivity contribution is -0.137. The molecule has 0 aromatic heterocycles. The third-order valence-electron chi connectivity index (χ3n) is 4.17. The highest BCUT2D eigenvalue weighted by molar-refractivity contribution is 5.74. The summed E-state index contributed by atoms with van der Waals surface area (Å²) in [6, 6.07) is -0.0169. The van der Waals surface area contributed by atoms with Gasteiger partial charge in [-0.1, -0.05) is 0 Å². The third-order valence-corrected chi connectivity index (χ3v) is 4.17. The van der Waals surface area contributed by atoms with E-state index in [0.29, 0.717) is 32.7 Å². The number of morpholine rings is 1. The number of rotatable bonds is 4. The van der Waals surface area contributed by atoms with Crippen molar-refractivity contribution in [3.63, 3.8) is 0 Å². The number of urea groups is 1. The lowest BCUT2D eigenvalue weighted by atomic mass is 9.93. The maximum atomic E-state index is 12.5. The third kappa shape index (κ3) is 4.57. The van der Waals surface area contributed by atoms with Crippen LogP contribution >= 0.6 is 0 Å². The van der Waals surface area contributed by atoms with Crippen LogP contribution in [0.1, 0.15) is 25.7 Å². The van der Waals surface area contributed by atoms with Crippen LogP contribution in [0.2, 0.25) is 0 Å². The van der Waals surface area contributed by atoms with Crippen LogP contribution in [-0.2, 0) is 9.53 Å². The molecule has 2 aliphatic heterocycles. The number of likely N-dealkylation sites (tertiary alicyclic amines) is 1. The number of carbonyl (C=O) groups excluding carboxylic acids is 1. The fourth-order valence-electron chi connectivity index (χ4n) is 3.01. The van der Waals surface area contributed by atoms with Gasteiger partial charge < -0.3 is 24.7 Å². The van der Waals surface area contributed by atoms with Crippen LogP contribution in [0.25, 0.3) is 0 Å². The fraction of sp³-hybridized carbons (Fsp3) is 0.857. The van der Waals surface area contributed by atoms with E-state index in [0.717, 1.165) is 19.4 Å². The predicted octanol–water partition coefficient (Wildman–Crippen LogP) is 0.376. The molecule has 2 N–H and O–H groups in total. The maximum Gasteiger partial charge on any atom is 0.320 e. The van der Waals surface area contributed by atoms with Crippen molar-refractivity contribution >= 4 is 12.0 Å². The molecule has 2 aliphatic rings. The van der Waals surface area contributed by atoms with Gasteiger partial charge in [0.25, 0.3) is 0 Å². The van der Waals surface area contributed by atoms with Crippen LogP contribution in [-0.4, -0.2) is 77.5 Å². The van der Waals surface area contributed by atoms with E-state index in [4.69, 9.17) is 14.9 Å². The Kier molecular flexibility index (Phi) is 5.81. The minimum Gasteiger partial charge on any atom is -0.481 e. The highest BCUT2D eigenvalue weighted by atomic mass is 16.5. The van der Waals surface area contributed by atoms with Crippen molar-refractivity contribution in [2.45, 2.75) is 31.8 Å². The quantitative estimate of drug-likeness (QED) is 0.783. The number of ether oxygens (including phenoxy) is 1. The molecule has 2 atom stereocenters. The molecule has 120 valence electrons. The van der Waals surface area contributed by atoms with E-state index in [-0.39, 0.29) is 31.1 Å². The minimum atomic E-state index is -0.780. The normalized spacial score (nSPS) is 26.7. The number of piperidine rings is 1. The number of hydrogen-bond acceptors (Lipinski definition) is 4. The Morgan fingerprint density at radius 1 is 1.19 bits per heavy atom. The van der Waals surface area contributed by atoms with Gasteiger partial charge in [-0.15, -0.1) is 0 Å². The average Bonchev–Trinajstić information content (AvgIpc) is 2.52. The lowest BCUT2D eigenvalue weighted by Gasteiger charge is -2.39. The number of aliphatic hydroxyl groups excluding tert-OH is 1. The number of carbonyl (C=O) groups is 2. The molecule has 7 heteroatoms. The van der Waals surface area contributed by atoms with Gasteiger partial charge in [0.1, 0.15) is 0 Å². The molecule has 2 saturated heterocycles. The number of nitrogens with zero attached hydrogens (tertiary/aromatic N) is 2. The van der Waals surface area contributed by atoms with Crippen molar-refractivity contribution in [3.8, 4) is 0 Å². The summed E-state index contributed by atoms with van der Waals surface area (Å²) in [6.45, 7) is 2.70. The second-order valence-corrected chi connectivity index (χ2v) is 5.79. The monoisotopic (exact) mass is 300 g/mol. The van der Waals surface area contributed by atoms with E-state index in [2.05, 4.69) is 0 Å². The zero-order valence-corrected chi connectivity index (χ0v) is 12.2. The largest absolute Gasteiger partial charge is 0.481 e. The zero-order chi connectivity index (χ0) is 15.2. The molecule has 0 radical (unpaired) electrons. The van der Waals surface area contributed by atoms with Gasteiger partial charge in [-0.05, 0) is 25.2 Å². The fourth-order valence-corrected chi connectivity index (χ4v) is 3.01. The number of hydrogen-bond donors (Lipinski definition) is 2. The summed E-state index contributed by atoms with van der Waals surface area (Å²) in [5.74, 6) is -0.508. The molecular formula is C14H24N2O5. The van der Waals surface area contributed by atoms with Crippen LogP contribution in [0.15, 0.2) is 0 Å². The Hall–Kier alpha value is -1.34. The number of carboxylic acids is 1. The van der Waals surface area contributed by atoms with Crippen LogP contribution in [0.4, 0.5) is 4.79 Å². The summed E-state index contributed by atoms with van der Waals surface area (Å²) < 4.78 is 5.35. The van der Waals surface area contributed by atoms with Crippen molar-refractivity contribution in [2.24, 2.45) is 5.92 Å². The molecule has 2 fully saturated rings. The highest BCUT2D eigenvalue weighted by Gasteiger charge is 2.30. The summed E-state index contributed by atoms with van der Waals surface area (Å²) in [4.78, 5) is 26.7. The van der Waals surface area contributed by atoms with Crippen molar-refractivity contribution in [3.05, 3.63) is 0 Å². The van der Waals surface area contributed by atoms with Gasteiger partial charge in [-0.3, -0.25) is 4.79 Å². The van der Waals surface area contributed by atoms with Gasteiger partial charge in [0.15, 0.2) is 0 Å². The van der Waals surface area contributed by atoms with Crippen LogP contribution < -0.4 is 0 Å². The van der Waals surface area contributed by atoms with E-state index in [1.54, 1.807) is 4.90 Å². The van der Waals surface area contributed by atoms with Crippen molar-refractivity contribution in [2.75, 3.05) is 39.4 Å². The van der Waals surface area contributed by atoms with Crippen molar-refractivity contribution < 1.29 is 24.5 Å². The SMILES string of the molecule is O=C(O)CCC1CCCN(C(=O)N2CCOC(CO)C2)C1. The molecule has 7 nitrogen and oxygen atoms in total. The van der Waals surface area contributed by atoms with E-state index >= 15 is 0 Å². The topological polar surface area (TPSA) is 90.3 Å². The second-order valence-electron chi connectivity index (χ2n) is 5.79. The van der Waals surface area contributed by atoms with Gasteiger partial charge in [-0.25, -0.2) is 4.79 Å². The minimum absolute atomic E-state index is 0.0169. The summed E-state index contributed by atoms with van der Waals surface area (Å²) in [6.07, 6.45) is 2.40. The zero-order valence-electron chi connectivity index (χ0n) is 12.2. The molecular weight excluding hydrogens is 276 g/mol. The first-order valence-corrected chi connectivity index (χ1v) is 7.58. The summed E-state index contributed by atoms with van der Waals surface area (Å²) in [5, 5.41) is 17.9. The first kappa shape index (κ1) is 16.0. The first-order valence-electron chi connectivity index (χ1n) is 7.58. The first-order chi connectivity index (χ1) is 10.1. The van der Waals surface area contributed by atoms with Gasteiger partial charge in [0.2, 0.25) is 0 Å². The van der Waals surface area contributed by atoms with Gasteiger partial charge in [-0.2, -0.15) is 0 Å². The van der Waals surface area contributed by atoms with Crippen LogP contribution in [0, 0.1) is 5.92 Å². The van der Waals surface area contributed by atoms with Crippen LogP contribution in [0.5, 0.6) is 0 Å². The molecule has 2 unspecified atom stereocenters. The highest BCUT2D eigenvalue weighted by Crippen LogP contribution is 2.22. The molecule has 0 aromatic rings. The molecule has 2 heterocycles. The molecule has 2 amide bonds. The smallest absolute Gasteiger partial charge is 0.320 e. The Balaban J connectivity index is 1.85. The van der Waals surface area contributed by atoms with E-state index in [9.17, 15) is 9.59 Å². The van der Waals surface area contributed by atoms with E-state index in [1.165, 1.54) is 0 Å². The van der Waals surface area contributed by atoms with Crippen molar-refractivity contribution in [1.29, 1.82) is 0 Å². The molecule has 0 aliphatic carbocycles. The Morgan fingerprint density at radius 2 is 1.95 bits per heavy atom. The molecule has 0 spiro atoms. The lowest BCUT2D eigenvalue weighted by Crippen LogP contribution is -2.53. The molecule has 21 heavy (non-hydrogen) atoms. The van der Waals surface area contributed by atoms with Crippen molar-refractivity contribution in [1.82, 2.24) is 9.80 Å². The number of carboxylic acid groups (broad SMARTS) is 1.